The number of hydrogen-bond donors (Lipinski definition) is 0. The van der Waals surface area contributed by atoms with E-state index in [1.165, 1.54) is 18.2 Å². The fraction of sp³-hybridized carbons (Fsp3) is 0.0714. The fourth-order valence-corrected chi connectivity index (χ4v) is 1.84. The molecule has 0 unspecified atom stereocenters. The van der Waals surface area contributed by atoms with Gasteiger partial charge in [-0.05, 0) is 24.3 Å². The maximum atomic E-state index is 13.8. The van der Waals surface area contributed by atoms with Gasteiger partial charge in [0.05, 0.1) is 11.3 Å². The highest BCUT2D eigenvalue weighted by atomic mass is 19.4. The molecule has 0 saturated heterocycles. The molecule has 0 aliphatic rings. The van der Waals surface area contributed by atoms with Crippen LogP contribution in [0.4, 0.5) is 21.7 Å². The molecule has 2 nitrogen and oxygen atoms in total. The van der Waals surface area contributed by atoms with Crippen molar-refractivity contribution in [3.8, 4) is 11.8 Å². The molecule has 2 aromatic carbocycles. The highest BCUT2D eigenvalue weighted by molar-refractivity contribution is 6.74. The minimum absolute atomic E-state index is 0.0657. The van der Waals surface area contributed by atoms with Crippen LogP contribution >= 0.6 is 0 Å². The first-order chi connectivity index (χ1) is 10.3. The molecule has 0 N–H and O–H groups in total. The standard InChI is InChI=1S/C14H8BF5NO/c16-11-4-5-13(12(6-11)15(18,19)20)22-8-10-3-1-2-9(7-21)14(10)17/h1-6H,8H2/q-1. The summed E-state index contributed by atoms with van der Waals surface area (Å²) in [5.74, 6) is -2.49. The Labute approximate surface area is 122 Å². The van der Waals surface area contributed by atoms with Crippen LogP contribution in [0.15, 0.2) is 36.4 Å². The molecule has 0 aliphatic carbocycles. The van der Waals surface area contributed by atoms with Gasteiger partial charge in [-0.1, -0.05) is 17.6 Å². The third-order valence-electron chi connectivity index (χ3n) is 2.91. The second-order valence-electron chi connectivity index (χ2n) is 4.44. The molecule has 0 amide bonds. The summed E-state index contributed by atoms with van der Waals surface area (Å²) >= 11 is 0. The van der Waals surface area contributed by atoms with Gasteiger partial charge >= 0.3 is 6.98 Å². The van der Waals surface area contributed by atoms with Gasteiger partial charge in [0.2, 0.25) is 0 Å². The highest BCUT2D eigenvalue weighted by Crippen LogP contribution is 2.21. The molecular weight excluding hydrogens is 304 g/mol. The van der Waals surface area contributed by atoms with E-state index in [2.05, 4.69) is 0 Å². The third kappa shape index (κ3) is 3.36. The van der Waals surface area contributed by atoms with E-state index in [-0.39, 0.29) is 11.1 Å². The zero-order valence-electron chi connectivity index (χ0n) is 11.0. The normalized spacial score (nSPS) is 11.1. The lowest BCUT2D eigenvalue weighted by molar-refractivity contribution is 0.300. The Hall–Kier alpha value is -2.56. The molecule has 0 spiro atoms. The Morgan fingerprint density at radius 3 is 2.45 bits per heavy atom. The number of benzene rings is 2. The summed E-state index contributed by atoms with van der Waals surface area (Å²) in [4.78, 5) is 0. The van der Waals surface area contributed by atoms with E-state index in [0.29, 0.717) is 6.07 Å². The lowest BCUT2D eigenvalue weighted by atomic mass is 9.79. The highest BCUT2D eigenvalue weighted by Gasteiger charge is 2.30. The van der Waals surface area contributed by atoms with Crippen molar-refractivity contribution in [2.45, 2.75) is 6.61 Å². The summed E-state index contributed by atoms with van der Waals surface area (Å²) in [5, 5.41) is 8.69. The average Bonchev–Trinajstić information content (AvgIpc) is 2.46. The number of rotatable bonds is 4. The van der Waals surface area contributed by atoms with Crippen LogP contribution in [0.1, 0.15) is 11.1 Å². The molecule has 0 heterocycles. The quantitative estimate of drug-likeness (QED) is 0.640. The molecular formula is C14H8BF5NO-. The Bertz CT molecular complexity index is 739. The SMILES string of the molecule is N#Cc1cccc(COc2ccc(F)cc2[B-](F)(F)F)c1F. The molecule has 0 radical (unpaired) electrons. The summed E-state index contributed by atoms with van der Waals surface area (Å²) < 4.78 is 70.3. The first-order valence-corrected chi connectivity index (χ1v) is 6.12. The second kappa shape index (κ2) is 6.06. The summed E-state index contributed by atoms with van der Waals surface area (Å²) in [6.45, 7) is -5.98. The lowest BCUT2D eigenvalue weighted by Crippen LogP contribution is -2.35. The van der Waals surface area contributed by atoms with E-state index < -0.39 is 36.4 Å². The molecule has 0 saturated carbocycles. The van der Waals surface area contributed by atoms with Crippen molar-refractivity contribution in [2.24, 2.45) is 0 Å². The van der Waals surface area contributed by atoms with Crippen molar-refractivity contribution >= 4 is 12.4 Å². The largest absolute Gasteiger partial charge is 0.513 e. The van der Waals surface area contributed by atoms with Crippen LogP contribution < -0.4 is 10.2 Å². The predicted molar refractivity (Wildman–Crippen MR) is 70.6 cm³/mol. The minimum Gasteiger partial charge on any atom is -0.492 e. The van der Waals surface area contributed by atoms with Crippen molar-refractivity contribution in [1.82, 2.24) is 0 Å². The molecule has 22 heavy (non-hydrogen) atoms. The fourth-order valence-electron chi connectivity index (χ4n) is 1.84. The van der Waals surface area contributed by atoms with Crippen LogP contribution in [-0.2, 0) is 6.61 Å². The Balaban J connectivity index is 2.28. The number of hydrogen-bond acceptors (Lipinski definition) is 2. The molecule has 0 aromatic heterocycles. The van der Waals surface area contributed by atoms with Gasteiger partial charge in [-0.2, -0.15) is 5.26 Å². The van der Waals surface area contributed by atoms with Crippen LogP contribution in [0.25, 0.3) is 0 Å². The van der Waals surface area contributed by atoms with Gasteiger partial charge in [-0.15, -0.1) is 0 Å². The number of halogens is 5. The van der Waals surface area contributed by atoms with Crippen molar-refractivity contribution in [1.29, 1.82) is 5.26 Å². The molecule has 8 heteroatoms. The van der Waals surface area contributed by atoms with E-state index in [0.717, 1.165) is 12.1 Å². The molecule has 0 bridgehead atoms. The molecule has 2 rings (SSSR count). The van der Waals surface area contributed by atoms with Crippen molar-refractivity contribution in [3.63, 3.8) is 0 Å². The van der Waals surface area contributed by atoms with E-state index in [1.807, 2.05) is 0 Å². The van der Waals surface area contributed by atoms with E-state index in [1.54, 1.807) is 6.07 Å². The van der Waals surface area contributed by atoms with Crippen molar-refractivity contribution in [3.05, 3.63) is 59.2 Å². The first kappa shape index (κ1) is 15.8. The van der Waals surface area contributed by atoms with Crippen LogP contribution in [0.2, 0.25) is 0 Å². The summed E-state index contributed by atoms with van der Waals surface area (Å²) in [7, 11) is 0. The van der Waals surface area contributed by atoms with E-state index >= 15 is 0 Å². The topological polar surface area (TPSA) is 33.0 Å². The monoisotopic (exact) mass is 312 g/mol. The van der Waals surface area contributed by atoms with Gasteiger partial charge in [0, 0.05) is 5.56 Å². The Morgan fingerprint density at radius 1 is 1.09 bits per heavy atom. The number of ether oxygens (including phenoxy) is 1. The van der Waals surface area contributed by atoms with Gasteiger partial charge in [0.15, 0.2) is 0 Å². The first-order valence-electron chi connectivity index (χ1n) is 6.12. The number of nitrogens with zero attached hydrogens (tertiary/aromatic N) is 1. The predicted octanol–water partition coefficient (Wildman–Crippen LogP) is 3.47. The van der Waals surface area contributed by atoms with Crippen molar-refractivity contribution in [2.75, 3.05) is 0 Å². The van der Waals surface area contributed by atoms with Gasteiger partial charge in [0.25, 0.3) is 0 Å². The molecule has 0 aliphatic heterocycles. The maximum Gasteiger partial charge on any atom is 0.513 e. The molecule has 114 valence electrons. The van der Waals surface area contributed by atoms with E-state index in [4.69, 9.17) is 10.00 Å². The minimum atomic E-state index is -5.47. The lowest BCUT2D eigenvalue weighted by Gasteiger charge is -2.20. The number of nitriles is 1. The van der Waals surface area contributed by atoms with E-state index in [9.17, 15) is 21.7 Å². The van der Waals surface area contributed by atoms with Crippen molar-refractivity contribution < 1.29 is 26.5 Å². The van der Waals surface area contributed by atoms with Crippen LogP contribution in [0.5, 0.6) is 5.75 Å². The van der Waals surface area contributed by atoms with Crippen LogP contribution in [0.3, 0.4) is 0 Å². The van der Waals surface area contributed by atoms with Gasteiger partial charge in [-0.25, -0.2) is 8.78 Å². The summed E-state index contributed by atoms with van der Waals surface area (Å²) in [6.07, 6.45) is 0. The van der Waals surface area contributed by atoms with Crippen LogP contribution in [-0.4, -0.2) is 6.98 Å². The van der Waals surface area contributed by atoms with Gasteiger partial charge in [-0.3, -0.25) is 0 Å². The Kier molecular flexibility index (Phi) is 4.36. The zero-order chi connectivity index (χ0) is 16.3. The molecule has 0 fully saturated rings. The average molecular weight is 312 g/mol. The van der Waals surface area contributed by atoms with Gasteiger partial charge in [0.1, 0.15) is 24.3 Å². The zero-order valence-corrected chi connectivity index (χ0v) is 11.0. The molecule has 2 aromatic rings. The third-order valence-corrected chi connectivity index (χ3v) is 2.91. The second-order valence-corrected chi connectivity index (χ2v) is 4.44. The smallest absolute Gasteiger partial charge is 0.492 e. The summed E-state index contributed by atoms with van der Waals surface area (Å²) in [5.41, 5.74) is -1.53. The summed E-state index contributed by atoms with van der Waals surface area (Å²) in [6, 6.07) is 7.53. The maximum absolute atomic E-state index is 13.8. The molecule has 0 atom stereocenters. The van der Waals surface area contributed by atoms with Gasteiger partial charge < -0.3 is 17.7 Å². The van der Waals surface area contributed by atoms with Crippen LogP contribution in [0, 0.1) is 23.0 Å². The Morgan fingerprint density at radius 2 is 1.82 bits per heavy atom.